The van der Waals surface area contributed by atoms with Crippen molar-refractivity contribution in [3.8, 4) is 17.2 Å². The summed E-state index contributed by atoms with van der Waals surface area (Å²) in [4.78, 5) is 12.1. The lowest BCUT2D eigenvalue weighted by Crippen LogP contribution is -2.35. The minimum absolute atomic E-state index is 0.0302. The first-order valence-electron chi connectivity index (χ1n) is 7.83. The van der Waals surface area contributed by atoms with Gasteiger partial charge in [0.15, 0.2) is 17.6 Å². The van der Waals surface area contributed by atoms with E-state index >= 15 is 0 Å². The highest BCUT2D eigenvalue weighted by atomic mass is 19.4. The number of nitrogens with one attached hydrogen (secondary N) is 1. The molecular weight excluding hydrogens is 351 g/mol. The summed E-state index contributed by atoms with van der Waals surface area (Å²) < 4.78 is 54.1. The zero-order valence-electron chi connectivity index (χ0n) is 13.8. The van der Waals surface area contributed by atoms with E-state index in [0.29, 0.717) is 22.8 Å². The highest BCUT2D eigenvalue weighted by molar-refractivity contribution is 5.80. The molecule has 26 heavy (non-hydrogen) atoms. The Balaban J connectivity index is 1.56. The van der Waals surface area contributed by atoms with Crippen molar-refractivity contribution in [1.29, 1.82) is 0 Å². The molecule has 138 valence electrons. The van der Waals surface area contributed by atoms with Gasteiger partial charge in [0, 0.05) is 12.6 Å². The Morgan fingerprint density at radius 2 is 1.96 bits per heavy atom. The summed E-state index contributed by atoms with van der Waals surface area (Å²) in [6, 6.07) is 9.73. The molecule has 0 aliphatic carbocycles. The van der Waals surface area contributed by atoms with Crippen LogP contribution in [0.2, 0.25) is 0 Å². The fourth-order valence-corrected chi connectivity index (χ4v) is 2.40. The van der Waals surface area contributed by atoms with Crippen LogP contribution in [-0.4, -0.2) is 18.8 Å². The molecule has 1 aliphatic rings. The van der Waals surface area contributed by atoms with Crippen LogP contribution in [0.3, 0.4) is 0 Å². The lowest BCUT2D eigenvalue weighted by molar-refractivity contribution is -0.137. The molecule has 5 nitrogen and oxygen atoms in total. The van der Waals surface area contributed by atoms with E-state index in [-0.39, 0.29) is 13.3 Å². The summed E-state index contributed by atoms with van der Waals surface area (Å²) in [6.45, 7) is 1.65. The number of carbonyl (C=O) groups excluding carboxylic acids is 1. The van der Waals surface area contributed by atoms with Crippen LogP contribution >= 0.6 is 0 Å². The Labute approximate surface area is 147 Å². The average Bonchev–Trinajstić information content (AvgIpc) is 3.07. The third-order valence-corrected chi connectivity index (χ3v) is 3.75. The van der Waals surface area contributed by atoms with Gasteiger partial charge in [-0.2, -0.15) is 13.2 Å². The third kappa shape index (κ3) is 4.19. The number of benzene rings is 2. The van der Waals surface area contributed by atoms with Gasteiger partial charge in [-0.05, 0) is 36.8 Å². The molecule has 2 aromatic carbocycles. The Morgan fingerprint density at radius 1 is 1.19 bits per heavy atom. The molecule has 0 radical (unpaired) electrons. The molecule has 1 atom stereocenters. The lowest BCUT2D eigenvalue weighted by atomic mass is 10.1. The molecule has 2 aromatic rings. The molecule has 8 heteroatoms. The highest BCUT2D eigenvalue weighted by Crippen LogP contribution is 2.35. The molecular formula is C18H16F3NO4. The molecule has 1 amide bonds. The predicted molar refractivity (Wildman–Crippen MR) is 85.9 cm³/mol. The van der Waals surface area contributed by atoms with Gasteiger partial charge in [-0.1, -0.05) is 12.1 Å². The molecule has 0 bridgehead atoms. The van der Waals surface area contributed by atoms with Gasteiger partial charge in [0.25, 0.3) is 5.91 Å². The first-order chi connectivity index (χ1) is 12.3. The Hall–Kier alpha value is -2.90. The van der Waals surface area contributed by atoms with Gasteiger partial charge in [-0.15, -0.1) is 0 Å². The third-order valence-electron chi connectivity index (χ3n) is 3.75. The van der Waals surface area contributed by atoms with Crippen LogP contribution in [0.1, 0.15) is 18.1 Å². The quantitative estimate of drug-likeness (QED) is 0.879. The second kappa shape index (κ2) is 7.15. The van der Waals surface area contributed by atoms with Crippen molar-refractivity contribution >= 4 is 5.91 Å². The van der Waals surface area contributed by atoms with Gasteiger partial charge in [0.1, 0.15) is 5.75 Å². The van der Waals surface area contributed by atoms with Gasteiger partial charge in [0.05, 0.1) is 5.56 Å². The van der Waals surface area contributed by atoms with E-state index in [1.165, 1.54) is 12.1 Å². The van der Waals surface area contributed by atoms with Gasteiger partial charge < -0.3 is 19.5 Å². The van der Waals surface area contributed by atoms with E-state index in [9.17, 15) is 18.0 Å². The van der Waals surface area contributed by atoms with Crippen LogP contribution in [0.25, 0.3) is 0 Å². The van der Waals surface area contributed by atoms with E-state index < -0.39 is 23.8 Å². The zero-order valence-corrected chi connectivity index (χ0v) is 13.8. The Bertz CT molecular complexity index is 807. The fourth-order valence-electron chi connectivity index (χ4n) is 2.40. The zero-order chi connectivity index (χ0) is 18.7. The maximum absolute atomic E-state index is 12.7. The maximum Gasteiger partial charge on any atom is 0.416 e. The van der Waals surface area contributed by atoms with Crippen molar-refractivity contribution in [1.82, 2.24) is 5.32 Å². The number of amides is 1. The van der Waals surface area contributed by atoms with Crippen molar-refractivity contribution in [2.45, 2.75) is 25.7 Å². The maximum atomic E-state index is 12.7. The van der Waals surface area contributed by atoms with Crippen molar-refractivity contribution in [2.24, 2.45) is 0 Å². The van der Waals surface area contributed by atoms with Gasteiger partial charge in [-0.25, -0.2) is 0 Å². The van der Waals surface area contributed by atoms with E-state index in [0.717, 1.165) is 12.1 Å². The number of alkyl halides is 3. The average molecular weight is 367 g/mol. The molecule has 0 aromatic heterocycles. The molecule has 0 saturated carbocycles. The number of rotatable bonds is 5. The SMILES string of the molecule is CC(Oc1ccc2c(c1)OCO2)C(=O)NCc1cccc(C(F)(F)F)c1. The molecule has 1 unspecified atom stereocenters. The second-order valence-corrected chi connectivity index (χ2v) is 5.69. The largest absolute Gasteiger partial charge is 0.481 e. The van der Waals surface area contributed by atoms with Crippen LogP contribution in [0, 0.1) is 0 Å². The number of ether oxygens (including phenoxy) is 3. The first-order valence-corrected chi connectivity index (χ1v) is 7.83. The van der Waals surface area contributed by atoms with E-state index in [4.69, 9.17) is 14.2 Å². The molecule has 1 aliphatic heterocycles. The van der Waals surface area contributed by atoms with E-state index in [1.807, 2.05) is 0 Å². The summed E-state index contributed by atoms with van der Waals surface area (Å²) in [5.74, 6) is 1.11. The van der Waals surface area contributed by atoms with Crippen LogP contribution in [0.15, 0.2) is 42.5 Å². The lowest BCUT2D eigenvalue weighted by Gasteiger charge is -2.15. The summed E-state index contributed by atoms with van der Waals surface area (Å²) >= 11 is 0. The first kappa shape index (κ1) is 17.9. The van der Waals surface area contributed by atoms with Gasteiger partial charge >= 0.3 is 6.18 Å². The molecule has 1 heterocycles. The summed E-state index contributed by atoms with van der Waals surface area (Å²) in [6.07, 6.45) is -5.25. The van der Waals surface area contributed by atoms with Crippen LogP contribution in [0.4, 0.5) is 13.2 Å². The molecule has 0 saturated heterocycles. The topological polar surface area (TPSA) is 56.8 Å². The summed E-state index contributed by atoms with van der Waals surface area (Å²) in [5.41, 5.74) is -0.405. The number of hydrogen-bond donors (Lipinski definition) is 1. The van der Waals surface area contributed by atoms with E-state index in [2.05, 4.69) is 5.32 Å². The second-order valence-electron chi connectivity index (χ2n) is 5.69. The fraction of sp³-hybridized carbons (Fsp3) is 0.278. The van der Waals surface area contributed by atoms with Crippen LogP contribution < -0.4 is 19.5 Å². The van der Waals surface area contributed by atoms with Crippen LogP contribution in [-0.2, 0) is 17.5 Å². The summed E-state index contributed by atoms with van der Waals surface area (Å²) in [7, 11) is 0. The monoisotopic (exact) mass is 367 g/mol. The molecule has 1 N–H and O–H groups in total. The molecule has 0 spiro atoms. The normalized spacial score (nSPS) is 14.0. The van der Waals surface area contributed by atoms with Crippen molar-refractivity contribution in [2.75, 3.05) is 6.79 Å². The van der Waals surface area contributed by atoms with Crippen molar-refractivity contribution in [3.05, 3.63) is 53.6 Å². The smallest absolute Gasteiger partial charge is 0.416 e. The molecule has 0 fully saturated rings. The van der Waals surface area contributed by atoms with E-state index in [1.54, 1.807) is 25.1 Å². The van der Waals surface area contributed by atoms with Crippen molar-refractivity contribution in [3.63, 3.8) is 0 Å². The van der Waals surface area contributed by atoms with Gasteiger partial charge in [0.2, 0.25) is 6.79 Å². The number of hydrogen-bond acceptors (Lipinski definition) is 4. The summed E-state index contributed by atoms with van der Waals surface area (Å²) in [5, 5.41) is 2.56. The Kier molecular flexibility index (Phi) is 4.92. The standard InChI is InChI=1S/C18H16F3NO4/c1-11(26-14-5-6-15-16(8-14)25-10-24-15)17(23)22-9-12-3-2-4-13(7-12)18(19,20)21/h2-8,11H,9-10H2,1H3,(H,22,23). The van der Waals surface area contributed by atoms with Gasteiger partial charge in [-0.3, -0.25) is 4.79 Å². The number of fused-ring (bicyclic) bond motifs is 1. The van der Waals surface area contributed by atoms with Crippen LogP contribution in [0.5, 0.6) is 17.2 Å². The minimum Gasteiger partial charge on any atom is -0.481 e. The number of halogens is 3. The highest BCUT2D eigenvalue weighted by Gasteiger charge is 2.30. The molecule has 3 rings (SSSR count). The minimum atomic E-state index is -4.42. The Morgan fingerprint density at radius 3 is 2.73 bits per heavy atom. The number of carbonyl (C=O) groups is 1. The van der Waals surface area contributed by atoms with Crippen molar-refractivity contribution < 1.29 is 32.2 Å². The predicted octanol–water partition coefficient (Wildman–Crippen LogP) is 3.52.